The first-order valence-corrected chi connectivity index (χ1v) is 9.47. The van der Waals surface area contributed by atoms with Gasteiger partial charge in [-0.15, -0.1) is 0 Å². The highest BCUT2D eigenvalue weighted by Gasteiger charge is 2.52. The van der Waals surface area contributed by atoms with E-state index in [0.29, 0.717) is 17.6 Å². The average Bonchev–Trinajstić information content (AvgIpc) is 3.06. The van der Waals surface area contributed by atoms with Crippen molar-refractivity contribution >= 4 is 26.7 Å². The minimum Gasteiger partial charge on any atom is -0.501 e. The van der Waals surface area contributed by atoms with Crippen molar-refractivity contribution in [1.82, 2.24) is 9.29 Å². The molecule has 3 heterocycles. The summed E-state index contributed by atoms with van der Waals surface area (Å²) in [4.78, 5) is 17.1. The van der Waals surface area contributed by atoms with Crippen LogP contribution in [-0.4, -0.2) is 40.9 Å². The third-order valence-corrected chi connectivity index (χ3v) is 6.39. The summed E-state index contributed by atoms with van der Waals surface area (Å²) in [5.74, 6) is -1.72. The highest BCUT2D eigenvalue weighted by molar-refractivity contribution is 7.89. The van der Waals surface area contributed by atoms with E-state index in [4.69, 9.17) is 4.74 Å². The average molecular weight is 360 g/mol. The van der Waals surface area contributed by atoms with Crippen molar-refractivity contribution in [2.75, 3.05) is 12.3 Å². The number of benzene rings is 1. The fourth-order valence-corrected chi connectivity index (χ4v) is 4.65. The van der Waals surface area contributed by atoms with Crippen molar-refractivity contribution in [1.29, 1.82) is 0 Å². The highest BCUT2D eigenvalue weighted by atomic mass is 32.2. The number of rotatable bonds is 2. The molecule has 0 bridgehead atoms. The number of carbonyl (C=O) groups is 1. The SMILES string of the molecule is CC1(c2ccc3ccccc3n2)OC(N2CCCS2(=O)=O)=C(O)C1=O. The number of ether oxygens (including phenoxy) is 1. The topological polar surface area (TPSA) is 96.8 Å². The van der Waals surface area contributed by atoms with E-state index in [-0.39, 0.29) is 18.2 Å². The Morgan fingerprint density at radius 1 is 1.24 bits per heavy atom. The normalized spacial score (nSPS) is 25.6. The maximum atomic E-state index is 12.6. The molecule has 1 aromatic heterocycles. The van der Waals surface area contributed by atoms with Gasteiger partial charge in [-0.2, -0.15) is 0 Å². The first-order chi connectivity index (χ1) is 11.8. The number of hydrogen-bond acceptors (Lipinski definition) is 6. The second-order valence-electron chi connectivity index (χ2n) is 6.25. The van der Waals surface area contributed by atoms with Crippen molar-refractivity contribution in [2.24, 2.45) is 0 Å². The Morgan fingerprint density at radius 2 is 2.00 bits per heavy atom. The molecule has 1 unspecified atom stereocenters. The number of pyridine rings is 1. The lowest BCUT2D eigenvalue weighted by molar-refractivity contribution is -0.132. The maximum absolute atomic E-state index is 12.6. The molecule has 1 N–H and O–H groups in total. The number of aromatic nitrogens is 1. The molecule has 4 rings (SSSR count). The van der Waals surface area contributed by atoms with E-state index in [1.54, 1.807) is 18.2 Å². The summed E-state index contributed by atoms with van der Waals surface area (Å²) in [5.41, 5.74) is -0.574. The molecule has 1 fully saturated rings. The van der Waals surface area contributed by atoms with Gasteiger partial charge in [0, 0.05) is 11.9 Å². The second-order valence-corrected chi connectivity index (χ2v) is 8.26. The van der Waals surface area contributed by atoms with Gasteiger partial charge in [0.15, 0.2) is 0 Å². The largest absolute Gasteiger partial charge is 0.501 e. The van der Waals surface area contributed by atoms with Crippen LogP contribution in [0.5, 0.6) is 0 Å². The summed E-state index contributed by atoms with van der Waals surface area (Å²) in [7, 11) is -3.58. The van der Waals surface area contributed by atoms with Crippen molar-refractivity contribution in [3.63, 3.8) is 0 Å². The van der Waals surface area contributed by atoms with E-state index in [1.165, 1.54) is 6.92 Å². The van der Waals surface area contributed by atoms with Gasteiger partial charge >= 0.3 is 0 Å². The summed E-state index contributed by atoms with van der Waals surface area (Å²) >= 11 is 0. The van der Waals surface area contributed by atoms with Gasteiger partial charge in [-0.05, 0) is 25.5 Å². The molecule has 1 saturated heterocycles. The lowest BCUT2D eigenvalue weighted by atomic mass is 9.95. The zero-order chi connectivity index (χ0) is 17.8. The lowest BCUT2D eigenvalue weighted by Crippen LogP contribution is -2.33. The Balaban J connectivity index is 1.77. The Bertz CT molecular complexity index is 1030. The van der Waals surface area contributed by atoms with Crippen LogP contribution < -0.4 is 0 Å². The van der Waals surface area contributed by atoms with Gasteiger partial charge < -0.3 is 9.84 Å². The number of aliphatic hydroxyl groups is 1. The van der Waals surface area contributed by atoms with Gasteiger partial charge in [-0.3, -0.25) is 4.79 Å². The molecule has 130 valence electrons. The van der Waals surface area contributed by atoms with E-state index in [2.05, 4.69) is 4.98 Å². The van der Waals surface area contributed by atoms with Gasteiger partial charge in [0.1, 0.15) is 0 Å². The predicted octanol–water partition coefficient (Wildman–Crippen LogP) is 1.81. The van der Waals surface area contributed by atoms with Crippen LogP contribution >= 0.6 is 0 Å². The third-order valence-electron chi connectivity index (χ3n) is 4.56. The number of fused-ring (bicyclic) bond motifs is 1. The molecule has 2 aliphatic heterocycles. The molecule has 7 nitrogen and oxygen atoms in total. The fraction of sp³-hybridized carbons (Fsp3) is 0.294. The molecule has 0 saturated carbocycles. The first-order valence-electron chi connectivity index (χ1n) is 7.87. The van der Waals surface area contributed by atoms with Crippen LogP contribution in [0.4, 0.5) is 0 Å². The highest BCUT2D eigenvalue weighted by Crippen LogP contribution is 2.40. The van der Waals surface area contributed by atoms with Crippen LogP contribution in [-0.2, 0) is 25.2 Å². The number of Topliss-reactive ketones (excluding diaryl/α,β-unsaturated/α-hetero) is 1. The van der Waals surface area contributed by atoms with Crippen molar-refractivity contribution < 1.29 is 23.1 Å². The van der Waals surface area contributed by atoms with E-state index >= 15 is 0 Å². The zero-order valence-electron chi connectivity index (χ0n) is 13.5. The zero-order valence-corrected chi connectivity index (χ0v) is 14.3. The first kappa shape index (κ1) is 15.9. The summed E-state index contributed by atoms with van der Waals surface area (Å²) < 4.78 is 30.9. The molecule has 0 radical (unpaired) electrons. The van der Waals surface area contributed by atoms with Gasteiger partial charge in [-0.25, -0.2) is 17.7 Å². The van der Waals surface area contributed by atoms with Gasteiger partial charge in [0.2, 0.25) is 21.4 Å². The van der Waals surface area contributed by atoms with Crippen LogP contribution in [0, 0.1) is 0 Å². The van der Waals surface area contributed by atoms with Gasteiger partial charge in [-0.1, -0.05) is 24.3 Å². The van der Waals surface area contributed by atoms with Crippen molar-refractivity contribution in [2.45, 2.75) is 18.9 Å². The number of ketones is 1. The minimum absolute atomic E-state index is 0.0354. The molecule has 0 aliphatic carbocycles. The number of aliphatic hydroxyl groups excluding tert-OH is 1. The summed E-state index contributed by atoms with van der Waals surface area (Å²) in [6, 6.07) is 10.9. The number of nitrogens with zero attached hydrogens (tertiary/aromatic N) is 2. The molecule has 1 aromatic carbocycles. The van der Waals surface area contributed by atoms with Gasteiger partial charge in [0.25, 0.3) is 11.7 Å². The lowest BCUT2D eigenvalue weighted by Gasteiger charge is -2.25. The molecular formula is C17H16N2O5S. The van der Waals surface area contributed by atoms with Crippen LogP contribution in [0.1, 0.15) is 19.0 Å². The molecule has 25 heavy (non-hydrogen) atoms. The number of hydrogen-bond donors (Lipinski definition) is 1. The molecule has 1 atom stereocenters. The number of carbonyl (C=O) groups excluding carboxylic acids is 1. The third kappa shape index (κ3) is 2.28. The predicted molar refractivity (Wildman–Crippen MR) is 90.0 cm³/mol. The number of sulfonamides is 1. The number of para-hydroxylation sites is 1. The standard InChI is InChI=1S/C17H16N2O5S/c1-17(13-8-7-11-5-2-3-6-12(11)18-13)15(21)14(20)16(24-17)19-9-4-10-25(19,22)23/h2-3,5-8,20H,4,9-10H2,1H3. The Hall–Kier alpha value is -2.61. The Morgan fingerprint density at radius 3 is 2.72 bits per heavy atom. The minimum atomic E-state index is -3.58. The second kappa shape index (κ2) is 5.19. The van der Waals surface area contributed by atoms with Crippen LogP contribution in [0.15, 0.2) is 48.0 Å². The van der Waals surface area contributed by atoms with Crippen molar-refractivity contribution in [3.8, 4) is 0 Å². The molecule has 2 aromatic rings. The van der Waals surface area contributed by atoms with E-state index < -0.39 is 27.2 Å². The summed E-state index contributed by atoms with van der Waals surface area (Å²) in [5, 5.41) is 11.1. The Labute approximate surface area is 144 Å². The molecule has 0 amide bonds. The molecular weight excluding hydrogens is 344 g/mol. The van der Waals surface area contributed by atoms with Crippen LogP contribution in [0.2, 0.25) is 0 Å². The quantitative estimate of drug-likeness (QED) is 0.877. The van der Waals surface area contributed by atoms with E-state index in [1.807, 2.05) is 18.2 Å². The van der Waals surface area contributed by atoms with Crippen LogP contribution in [0.25, 0.3) is 10.9 Å². The summed E-state index contributed by atoms with van der Waals surface area (Å²) in [6.07, 6.45) is 0.418. The molecule has 8 heteroatoms. The fourth-order valence-electron chi connectivity index (χ4n) is 3.15. The van der Waals surface area contributed by atoms with Crippen LogP contribution in [0.3, 0.4) is 0 Å². The van der Waals surface area contributed by atoms with E-state index in [9.17, 15) is 18.3 Å². The smallest absolute Gasteiger partial charge is 0.252 e. The Kier molecular flexibility index (Phi) is 3.30. The monoisotopic (exact) mass is 360 g/mol. The van der Waals surface area contributed by atoms with Gasteiger partial charge in [0.05, 0.1) is 17.0 Å². The molecule has 0 spiro atoms. The van der Waals surface area contributed by atoms with E-state index in [0.717, 1.165) is 9.69 Å². The van der Waals surface area contributed by atoms with Crippen molar-refractivity contribution in [3.05, 3.63) is 53.7 Å². The summed E-state index contributed by atoms with van der Waals surface area (Å²) in [6.45, 7) is 1.66. The molecule has 2 aliphatic rings. The maximum Gasteiger partial charge on any atom is 0.252 e.